The van der Waals surface area contributed by atoms with Crippen molar-refractivity contribution in [1.82, 2.24) is 19.7 Å². The number of ketones is 1. The van der Waals surface area contributed by atoms with Crippen molar-refractivity contribution in [3.63, 3.8) is 0 Å². The van der Waals surface area contributed by atoms with Gasteiger partial charge in [-0.3, -0.25) is 14.6 Å². The minimum atomic E-state index is -0.609. The number of carbonyl (C=O) groups excluding carboxylic acids is 2. The number of aromatic nitrogens is 3. The maximum atomic E-state index is 13.1. The van der Waals surface area contributed by atoms with Gasteiger partial charge in [0.15, 0.2) is 5.78 Å². The first-order valence-electron chi connectivity index (χ1n) is 8.92. The number of likely N-dealkylation sites (tertiary alicyclic amines) is 1. The lowest BCUT2D eigenvalue weighted by atomic mass is 10.0. The molecular formula is C20H18FN5O2. The molecule has 1 aliphatic rings. The number of rotatable bonds is 4. The standard InChI is InChI=1S/C20H18FN5O2/c21-13-6-8-14(9-7-13)26-19(22)15(12-24-26)18(27)17-5-3-11-25(17)20(28)16-4-1-2-10-23-16/h1-2,4,6-10,12,17H,3,5,11,22H2/t17-/m0/s1. The second-order valence-electron chi connectivity index (χ2n) is 6.57. The summed E-state index contributed by atoms with van der Waals surface area (Å²) in [5, 5.41) is 4.17. The molecule has 1 aliphatic heterocycles. The Hall–Kier alpha value is -3.55. The third-order valence-corrected chi connectivity index (χ3v) is 4.84. The number of nitrogens with two attached hydrogens (primary N) is 1. The number of Topliss-reactive ketones (excluding diaryl/α,β-unsaturated/α-hetero) is 1. The highest BCUT2D eigenvalue weighted by Gasteiger charge is 2.36. The lowest BCUT2D eigenvalue weighted by Crippen LogP contribution is -2.41. The summed E-state index contributed by atoms with van der Waals surface area (Å²) in [6.45, 7) is 0.484. The minimum absolute atomic E-state index is 0.161. The maximum absolute atomic E-state index is 13.1. The van der Waals surface area contributed by atoms with Crippen molar-refractivity contribution in [1.29, 1.82) is 0 Å². The van der Waals surface area contributed by atoms with Gasteiger partial charge in [-0.25, -0.2) is 9.07 Å². The molecule has 8 heteroatoms. The van der Waals surface area contributed by atoms with Crippen LogP contribution < -0.4 is 5.73 Å². The van der Waals surface area contributed by atoms with Crippen molar-refractivity contribution >= 4 is 17.5 Å². The molecule has 0 bridgehead atoms. The van der Waals surface area contributed by atoms with Gasteiger partial charge >= 0.3 is 0 Å². The van der Waals surface area contributed by atoms with Crippen molar-refractivity contribution in [2.24, 2.45) is 0 Å². The van der Waals surface area contributed by atoms with Crippen LogP contribution in [0.25, 0.3) is 5.69 Å². The molecule has 0 saturated carbocycles. The summed E-state index contributed by atoms with van der Waals surface area (Å²) >= 11 is 0. The third kappa shape index (κ3) is 3.13. The van der Waals surface area contributed by atoms with Gasteiger partial charge in [0.05, 0.1) is 23.5 Å². The van der Waals surface area contributed by atoms with E-state index in [2.05, 4.69) is 10.1 Å². The van der Waals surface area contributed by atoms with Crippen molar-refractivity contribution < 1.29 is 14.0 Å². The van der Waals surface area contributed by atoms with Crippen LogP contribution in [0.2, 0.25) is 0 Å². The lowest BCUT2D eigenvalue weighted by Gasteiger charge is -2.23. The number of pyridine rings is 1. The second-order valence-corrected chi connectivity index (χ2v) is 6.57. The molecule has 0 spiro atoms. The maximum Gasteiger partial charge on any atom is 0.273 e. The monoisotopic (exact) mass is 379 g/mol. The normalized spacial score (nSPS) is 16.3. The van der Waals surface area contributed by atoms with Gasteiger partial charge in [0.2, 0.25) is 0 Å². The summed E-state index contributed by atoms with van der Waals surface area (Å²) < 4.78 is 14.5. The summed E-state index contributed by atoms with van der Waals surface area (Å²) in [5.74, 6) is -0.747. The fourth-order valence-electron chi connectivity index (χ4n) is 3.43. The van der Waals surface area contributed by atoms with Crippen LogP contribution in [0.15, 0.2) is 54.9 Å². The Labute approximate surface area is 160 Å². The van der Waals surface area contributed by atoms with Crippen molar-refractivity contribution in [2.45, 2.75) is 18.9 Å². The molecule has 3 aromatic rings. The van der Waals surface area contributed by atoms with Gasteiger partial charge < -0.3 is 10.6 Å². The zero-order valence-corrected chi connectivity index (χ0v) is 15.0. The first-order valence-corrected chi connectivity index (χ1v) is 8.92. The molecule has 2 aromatic heterocycles. The predicted molar refractivity (Wildman–Crippen MR) is 101 cm³/mol. The van der Waals surface area contributed by atoms with Crippen LogP contribution in [-0.2, 0) is 0 Å². The first kappa shape index (κ1) is 17.8. The molecule has 0 aliphatic carbocycles. The number of halogens is 1. The van der Waals surface area contributed by atoms with Crippen LogP contribution in [0.3, 0.4) is 0 Å². The Kier molecular flexibility index (Phi) is 4.60. The molecule has 4 rings (SSSR count). The van der Waals surface area contributed by atoms with Crippen LogP contribution in [0, 0.1) is 5.82 Å². The molecule has 28 heavy (non-hydrogen) atoms. The zero-order valence-electron chi connectivity index (χ0n) is 15.0. The Morgan fingerprint density at radius 1 is 1.14 bits per heavy atom. The zero-order chi connectivity index (χ0) is 19.7. The summed E-state index contributed by atoms with van der Waals surface area (Å²) in [4.78, 5) is 31.5. The average Bonchev–Trinajstić information content (AvgIpc) is 3.35. The van der Waals surface area contributed by atoms with Gasteiger partial charge in [0.25, 0.3) is 5.91 Å². The molecule has 1 amide bonds. The van der Waals surface area contributed by atoms with Gasteiger partial charge in [-0.15, -0.1) is 0 Å². The van der Waals surface area contributed by atoms with E-state index in [0.29, 0.717) is 24.3 Å². The minimum Gasteiger partial charge on any atom is -0.383 e. The van der Waals surface area contributed by atoms with Crippen molar-refractivity contribution in [3.8, 4) is 5.69 Å². The molecule has 1 aromatic carbocycles. The molecule has 7 nitrogen and oxygen atoms in total. The summed E-state index contributed by atoms with van der Waals surface area (Å²) in [5.41, 5.74) is 7.24. The Morgan fingerprint density at radius 3 is 2.64 bits per heavy atom. The molecule has 1 atom stereocenters. The molecule has 1 saturated heterocycles. The van der Waals surface area contributed by atoms with Gasteiger partial charge in [0, 0.05) is 12.7 Å². The van der Waals surface area contributed by atoms with Gasteiger partial charge in [-0.05, 0) is 49.2 Å². The van der Waals surface area contributed by atoms with Gasteiger partial charge in [0.1, 0.15) is 17.3 Å². The Morgan fingerprint density at radius 2 is 1.93 bits per heavy atom. The summed E-state index contributed by atoms with van der Waals surface area (Å²) in [6.07, 6.45) is 4.22. The van der Waals surface area contributed by atoms with E-state index in [1.165, 1.54) is 35.1 Å². The van der Waals surface area contributed by atoms with E-state index >= 15 is 0 Å². The molecule has 1 fully saturated rings. The Bertz CT molecular complexity index is 1020. The van der Waals surface area contributed by atoms with Gasteiger partial charge in [-0.2, -0.15) is 5.10 Å². The van der Waals surface area contributed by atoms with E-state index in [9.17, 15) is 14.0 Å². The topological polar surface area (TPSA) is 94.1 Å². The highest BCUT2D eigenvalue weighted by Crippen LogP contribution is 2.26. The first-order chi connectivity index (χ1) is 13.6. The smallest absolute Gasteiger partial charge is 0.273 e. The number of hydrogen-bond acceptors (Lipinski definition) is 5. The number of carbonyl (C=O) groups is 2. The fraction of sp³-hybridized carbons (Fsp3) is 0.200. The molecule has 3 heterocycles. The quantitative estimate of drug-likeness (QED) is 0.703. The third-order valence-electron chi connectivity index (χ3n) is 4.84. The largest absolute Gasteiger partial charge is 0.383 e. The lowest BCUT2D eigenvalue weighted by molar-refractivity contribution is 0.0667. The molecule has 0 radical (unpaired) electrons. The highest BCUT2D eigenvalue weighted by atomic mass is 19.1. The highest BCUT2D eigenvalue weighted by molar-refractivity contribution is 6.06. The number of hydrogen-bond donors (Lipinski definition) is 1. The molecule has 0 unspecified atom stereocenters. The van der Waals surface area contributed by atoms with Crippen LogP contribution in [0.1, 0.15) is 33.7 Å². The number of amides is 1. The molecular weight excluding hydrogens is 361 g/mol. The van der Waals surface area contributed by atoms with Crippen LogP contribution in [0.5, 0.6) is 0 Å². The van der Waals surface area contributed by atoms with E-state index in [-0.39, 0.29) is 28.9 Å². The number of anilines is 1. The van der Waals surface area contributed by atoms with Gasteiger partial charge in [-0.1, -0.05) is 6.07 Å². The SMILES string of the molecule is Nc1c(C(=O)[C@@H]2CCCN2C(=O)c2ccccn2)cnn1-c1ccc(F)cc1. The van der Waals surface area contributed by atoms with E-state index in [1.807, 2.05) is 0 Å². The number of nitrogens with zero attached hydrogens (tertiary/aromatic N) is 4. The summed E-state index contributed by atoms with van der Waals surface area (Å²) in [7, 11) is 0. The Balaban J connectivity index is 1.60. The molecule has 142 valence electrons. The fourth-order valence-corrected chi connectivity index (χ4v) is 3.43. The molecule has 2 N–H and O–H groups in total. The van der Waals surface area contributed by atoms with E-state index in [1.54, 1.807) is 29.3 Å². The number of nitrogen functional groups attached to an aromatic ring is 1. The summed E-state index contributed by atoms with van der Waals surface area (Å²) in [6, 6.07) is 10.1. The van der Waals surface area contributed by atoms with E-state index in [0.717, 1.165) is 6.42 Å². The number of benzene rings is 1. The van der Waals surface area contributed by atoms with E-state index < -0.39 is 6.04 Å². The van der Waals surface area contributed by atoms with Crippen molar-refractivity contribution in [2.75, 3.05) is 12.3 Å². The second kappa shape index (κ2) is 7.22. The van der Waals surface area contributed by atoms with Crippen LogP contribution in [0.4, 0.5) is 10.2 Å². The van der Waals surface area contributed by atoms with Crippen LogP contribution >= 0.6 is 0 Å². The van der Waals surface area contributed by atoms with Crippen molar-refractivity contribution in [3.05, 3.63) is 71.9 Å². The van der Waals surface area contributed by atoms with E-state index in [4.69, 9.17) is 5.73 Å². The average molecular weight is 379 g/mol. The predicted octanol–water partition coefficient (Wildman–Crippen LogP) is 2.48. The van der Waals surface area contributed by atoms with Crippen LogP contribution in [-0.4, -0.2) is 43.9 Å².